The van der Waals surface area contributed by atoms with Crippen LogP contribution >= 0.6 is 0 Å². The summed E-state index contributed by atoms with van der Waals surface area (Å²) in [5.74, 6) is -0.0952. The van der Waals surface area contributed by atoms with Crippen LogP contribution in [0.5, 0.6) is 0 Å². The van der Waals surface area contributed by atoms with Gasteiger partial charge in [0.05, 0.1) is 10.6 Å². The number of rotatable bonds is 3. The molecular formula is C14H15N5O3. The van der Waals surface area contributed by atoms with E-state index in [-0.39, 0.29) is 11.6 Å². The SMILES string of the molecule is O=C(c1ccn(-c2ccc([N+](=O)[O-])cc2)n1)N1CCNCC1. The van der Waals surface area contributed by atoms with E-state index >= 15 is 0 Å². The predicted molar refractivity (Wildman–Crippen MR) is 79.0 cm³/mol. The first-order chi connectivity index (χ1) is 10.6. The largest absolute Gasteiger partial charge is 0.335 e. The molecule has 1 aliphatic heterocycles. The molecule has 1 aliphatic rings. The van der Waals surface area contributed by atoms with Crippen molar-refractivity contribution < 1.29 is 9.72 Å². The Morgan fingerprint density at radius 3 is 2.50 bits per heavy atom. The van der Waals surface area contributed by atoms with Gasteiger partial charge in [0.15, 0.2) is 5.69 Å². The number of benzene rings is 1. The summed E-state index contributed by atoms with van der Waals surface area (Å²) < 4.78 is 1.54. The van der Waals surface area contributed by atoms with Gasteiger partial charge in [-0.05, 0) is 18.2 Å². The van der Waals surface area contributed by atoms with E-state index in [1.54, 1.807) is 34.0 Å². The van der Waals surface area contributed by atoms with Crippen molar-refractivity contribution in [3.8, 4) is 5.69 Å². The van der Waals surface area contributed by atoms with Gasteiger partial charge in [0.2, 0.25) is 0 Å². The molecule has 1 N–H and O–H groups in total. The lowest BCUT2D eigenvalue weighted by atomic mass is 10.3. The highest BCUT2D eigenvalue weighted by Gasteiger charge is 2.20. The lowest BCUT2D eigenvalue weighted by Gasteiger charge is -2.26. The van der Waals surface area contributed by atoms with Crippen molar-refractivity contribution in [1.82, 2.24) is 20.0 Å². The minimum Gasteiger partial charge on any atom is -0.335 e. The molecule has 0 bridgehead atoms. The number of carbonyl (C=O) groups is 1. The molecule has 0 aliphatic carbocycles. The standard InChI is InChI=1S/C14H15N5O3/c20-14(17-9-6-15-7-10-17)13-5-8-18(16-13)11-1-3-12(4-2-11)19(21)22/h1-5,8,15H,6-7,9-10H2. The Labute approximate surface area is 126 Å². The highest BCUT2D eigenvalue weighted by molar-refractivity contribution is 5.92. The molecule has 8 nitrogen and oxygen atoms in total. The number of nitro groups is 1. The summed E-state index contributed by atoms with van der Waals surface area (Å²) in [6, 6.07) is 7.68. The first kappa shape index (κ1) is 14.2. The molecule has 1 aromatic carbocycles. The molecule has 1 fully saturated rings. The molecule has 1 amide bonds. The minimum absolute atomic E-state index is 0.0213. The molecule has 2 aromatic rings. The van der Waals surface area contributed by atoms with Crippen molar-refractivity contribution in [1.29, 1.82) is 0 Å². The Balaban J connectivity index is 1.78. The Kier molecular flexibility index (Phi) is 3.84. The van der Waals surface area contributed by atoms with Crippen LogP contribution in [-0.2, 0) is 0 Å². The molecule has 0 spiro atoms. The van der Waals surface area contributed by atoms with Crippen molar-refractivity contribution in [3.63, 3.8) is 0 Å². The third-order valence-corrected chi connectivity index (χ3v) is 3.54. The van der Waals surface area contributed by atoms with Crippen molar-refractivity contribution in [2.75, 3.05) is 26.2 Å². The zero-order valence-electron chi connectivity index (χ0n) is 11.8. The summed E-state index contributed by atoms with van der Waals surface area (Å²) in [7, 11) is 0. The monoisotopic (exact) mass is 301 g/mol. The molecule has 1 saturated heterocycles. The average molecular weight is 301 g/mol. The summed E-state index contributed by atoms with van der Waals surface area (Å²) in [5, 5.41) is 18.1. The fourth-order valence-corrected chi connectivity index (χ4v) is 2.34. The fourth-order valence-electron chi connectivity index (χ4n) is 2.34. The van der Waals surface area contributed by atoms with Crippen LogP contribution < -0.4 is 5.32 Å². The highest BCUT2D eigenvalue weighted by Crippen LogP contribution is 2.15. The number of aromatic nitrogens is 2. The Morgan fingerprint density at radius 2 is 1.86 bits per heavy atom. The van der Waals surface area contributed by atoms with Crippen LogP contribution in [0.15, 0.2) is 36.5 Å². The molecule has 114 valence electrons. The third-order valence-electron chi connectivity index (χ3n) is 3.54. The number of nitro benzene ring substituents is 1. The number of carbonyl (C=O) groups excluding carboxylic acids is 1. The highest BCUT2D eigenvalue weighted by atomic mass is 16.6. The smallest absolute Gasteiger partial charge is 0.274 e. The number of nitrogens with one attached hydrogen (secondary N) is 1. The van der Waals surface area contributed by atoms with Gasteiger partial charge in [-0.15, -0.1) is 0 Å². The molecule has 0 radical (unpaired) electrons. The van der Waals surface area contributed by atoms with Gasteiger partial charge in [0.1, 0.15) is 0 Å². The van der Waals surface area contributed by atoms with Gasteiger partial charge in [-0.2, -0.15) is 5.10 Å². The van der Waals surface area contributed by atoms with Crippen LogP contribution in [0.2, 0.25) is 0 Å². The number of amides is 1. The number of piperazine rings is 1. The molecule has 2 heterocycles. The van der Waals surface area contributed by atoms with Crippen LogP contribution in [-0.4, -0.2) is 51.7 Å². The van der Waals surface area contributed by atoms with E-state index in [0.717, 1.165) is 13.1 Å². The van der Waals surface area contributed by atoms with E-state index < -0.39 is 4.92 Å². The van der Waals surface area contributed by atoms with E-state index in [0.29, 0.717) is 24.5 Å². The van der Waals surface area contributed by atoms with Crippen molar-refractivity contribution >= 4 is 11.6 Å². The second-order valence-corrected chi connectivity index (χ2v) is 4.96. The summed E-state index contributed by atoms with van der Waals surface area (Å²) in [6.07, 6.45) is 1.68. The fraction of sp³-hybridized carbons (Fsp3) is 0.286. The third kappa shape index (κ3) is 2.82. The second-order valence-electron chi connectivity index (χ2n) is 4.96. The second kappa shape index (κ2) is 5.94. The van der Waals surface area contributed by atoms with Gasteiger partial charge >= 0.3 is 0 Å². The van der Waals surface area contributed by atoms with Gasteiger partial charge in [0, 0.05) is 44.5 Å². The lowest BCUT2D eigenvalue weighted by Crippen LogP contribution is -2.46. The maximum absolute atomic E-state index is 12.3. The molecule has 3 rings (SSSR count). The first-order valence-corrected chi connectivity index (χ1v) is 6.95. The Morgan fingerprint density at radius 1 is 1.18 bits per heavy atom. The van der Waals surface area contributed by atoms with Gasteiger partial charge in [-0.3, -0.25) is 14.9 Å². The molecular weight excluding hydrogens is 286 g/mol. The first-order valence-electron chi connectivity index (χ1n) is 6.95. The number of nitrogens with zero attached hydrogens (tertiary/aromatic N) is 4. The molecule has 8 heteroatoms. The van der Waals surface area contributed by atoms with Crippen LogP contribution in [0.25, 0.3) is 5.69 Å². The number of hydrogen-bond donors (Lipinski definition) is 1. The lowest BCUT2D eigenvalue weighted by molar-refractivity contribution is -0.384. The molecule has 0 saturated carbocycles. The van der Waals surface area contributed by atoms with Crippen LogP contribution in [0, 0.1) is 10.1 Å². The van der Waals surface area contributed by atoms with Crippen molar-refractivity contribution in [2.45, 2.75) is 0 Å². The zero-order chi connectivity index (χ0) is 15.5. The Bertz CT molecular complexity index is 689. The summed E-state index contributed by atoms with van der Waals surface area (Å²) in [5.41, 5.74) is 1.07. The van der Waals surface area contributed by atoms with Gasteiger partial charge in [-0.25, -0.2) is 4.68 Å². The normalized spacial score (nSPS) is 14.8. The van der Waals surface area contributed by atoms with Crippen LogP contribution in [0.4, 0.5) is 5.69 Å². The van der Waals surface area contributed by atoms with Crippen LogP contribution in [0.3, 0.4) is 0 Å². The maximum atomic E-state index is 12.3. The molecule has 1 aromatic heterocycles. The van der Waals surface area contributed by atoms with Gasteiger partial charge < -0.3 is 10.2 Å². The minimum atomic E-state index is -0.452. The molecule has 0 unspecified atom stereocenters. The topological polar surface area (TPSA) is 93.3 Å². The number of non-ortho nitro benzene ring substituents is 1. The van der Waals surface area contributed by atoms with E-state index in [2.05, 4.69) is 10.4 Å². The number of hydrogen-bond acceptors (Lipinski definition) is 5. The summed E-state index contributed by atoms with van der Waals surface area (Å²) >= 11 is 0. The molecule has 22 heavy (non-hydrogen) atoms. The molecule has 0 atom stereocenters. The van der Waals surface area contributed by atoms with Gasteiger partial charge in [-0.1, -0.05) is 0 Å². The maximum Gasteiger partial charge on any atom is 0.274 e. The van der Waals surface area contributed by atoms with E-state index in [4.69, 9.17) is 0 Å². The Hall–Kier alpha value is -2.74. The predicted octanol–water partition coefficient (Wildman–Crippen LogP) is 0.826. The zero-order valence-corrected chi connectivity index (χ0v) is 11.8. The average Bonchev–Trinajstić information content (AvgIpc) is 3.05. The quantitative estimate of drug-likeness (QED) is 0.669. The van der Waals surface area contributed by atoms with Crippen LogP contribution in [0.1, 0.15) is 10.5 Å². The van der Waals surface area contributed by atoms with Crippen molar-refractivity contribution in [3.05, 3.63) is 52.3 Å². The summed E-state index contributed by atoms with van der Waals surface area (Å²) in [6.45, 7) is 2.91. The van der Waals surface area contributed by atoms with Gasteiger partial charge in [0.25, 0.3) is 11.6 Å². The van der Waals surface area contributed by atoms with E-state index in [9.17, 15) is 14.9 Å². The summed E-state index contributed by atoms with van der Waals surface area (Å²) in [4.78, 5) is 24.3. The van der Waals surface area contributed by atoms with Crippen molar-refractivity contribution in [2.24, 2.45) is 0 Å². The van der Waals surface area contributed by atoms with E-state index in [1.807, 2.05) is 0 Å². The van der Waals surface area contributed by atoms with E-state index in [1.165, 1.54) is 12.1 Å².